The number of hydrogen-bond donors (Lipinski definition) is 0. The molecule has 0 aliphatic carbocycles. The summed E-state index contributed by atoms with van der Waals surface area (Å²) in [6, 6.07) is 16.8. The van der Waals surface area contributed by atoms with Crippen LogP contribution < -0.4 is 0 Å². The van der Waals surface area contributed by atoms with Gasteiger partial charge in [0.05, 0.1) is 11.7 Å². The second-order valence-electron chi connectivity index (χ2n) is 6.13. The molecule has 1 atom stereocenters. The van der Waals surface area contributed by atoms with E-state index in [0.717, 1.165) is 37.6 Å². The maximum absolute atomic E-state index is 11.8. The Morgan fingerprint density at radius 1 is 1.13 bits per heavy atom. The highest BCUT2D eigenvalue weighted by Gasteiger charge is 2.29. The summed E-state index contributed by atoms with van der Waals surface area (Å²) in [7, 11) is 0. The maximum atomic E-state index is 11.8. The number of aryl methyl sites for hydroxylation is 1. The molecule has 120 valence electrons. The molecule has 23 heavy (non-hydrogen) atoms. The van der Waals surface area contributed by atoms with Crippen molar-refractivity contribution in [3.05, 3.63) is 65.5 Å². The first-order chi connectivity index (χ1) is 11.1. The Bertz CT molecular complexity index is 671. The van der Waals surface area contributed by atoms with Gasteiger partial charge in [0.25, 0.3) is 0 Å². The van der Waals surface area contributed by atoms with Gasteiger partial charge >= 0.3 is 0 Å². The fourth-order valence-corrected chi connectivity index (χ4v) is 3.18. The molecule has 0 spiro atoms. The van der Waals surface area contributed by atoms with Crippen LogP contribution in [-0.2, 0) is 11.3 Å². The number of nitrogens with zero attached hydrogens (tertiary/aromatic N) is 3. The number of carbonyl (C=O) groups is 1. The molecular formula is C19H23N3O. The molecule has 1 amide bonds. The fraction of sp³-hybridized carbons (Fsp3) is 0.368. The van der Waals surface area contributed by atoms with Crippen LogP contribution in [-0.4, -0.2) is 40.3 Å². The highest BCUT2D eigenvalue weighted by molar-refractivity contribution is 5.73. The average Bonchev–Trinajstić information content (AvgIpc) is 2.56. The van der Waals surface area contributed by atoms with Gasteiger partial charge in [-0.15, -0.1) is 0 Å². The number of amides is 1. The minimum absolute atomic E-state index is 0.152. The molecule has 1 aromatic carbocycles. The van der Waals surface area contributed by atoms with E-state index in [2.05, 4.69) is 46.3 Å². The summed E-state index contributed by atoms with van der Waals surface area (Å²) in [4.78, 5) is 20.8. The largest absolute Gasteiger partial charge is 0.340 e. The van der Waals surface area contributed by atoms with Gasteiger partial charge in [0, 0.05) is 38.8 Å². The minimum Gasteiger partial charge on any atom is -0.340 e. The molecule has 1 aromatic heterocycles. The maximum Gasteiger partial charge on any atom is 0.219 e. The van der Waals surface area contributed by atoms with Crippen LogP contribution in [0.1, 0.15) is 29.9 Å². The van der Waals surface area contributed by atoms with Crippen LogP contribution in [0.15, 0.2) is 48.5 Å². The van der Waals surface area contributed by atoms with Crippen molar-refractivity contribution in [1.29, 1.82) is 0 Å². The highest BCUT2D eigenvalue weighted by Crippen LogP contribution is 2.26. The first-order valence-electron chi connectivity index (χ1n) is 8.10. The number of pyridine rings is 1. The van der Waals surface area contributed by atoms with Gasteiger partial charge in [0.1, 0.15) is 0 Å². The van der Waals surface area contributed by atoms with Crippen LogP contribution in [0, 0.1) is 6.92 Å². The summed E-state index contributed by atoms with van der Waals surface area (Å²) in [5.41, 5.74) is 3.38. The van der Waals surface area contributed by atoms with Crippen molar-refractivity contribution in [3.63, 3.8) is 0 Å². The molecular weight excluding hydrogens is 286 g/mol. The zero-order valence-corrected chi connectivity index (χ0v) is 13.8. The smallest absolute Gasteiger partial charge is 0.219 e. The number of benzene rings is 1. The van der Waals surface area contributed by atoms with Crippen LogP contribution in [0.3, 0.4) is 0 Å². The van der Waals surface area contributed by atoms with E-state index in [4.69, 9.17) is 0 Å². The Kier molecular flexibility index (Phi) is 4.72. The van der Waals surface area contributed by atoms with E-state index in [-0.39, 0.29) is 11.9 Å². The van der Waals surface area contributed by atoms with E-state index < -0.39 is 0 Å². The summed E-state index contributed by atoms with van der Waals surface area (Å²) in [5, 5.41) is 0. The standard InChI is InChI=1S/C19H23N3O/c1-15-7-6-10-18(20-15)13-22-12-11-21(16(2)23)14-19(22)17-8-4-3-5-9-17/h3-10,19H,11-14H2,1-2H3/t19-/m0/s1. The molecule has 3 rings (SSSR count). The van der Waals surface area contributed by atoms with E-state index in [0.29, 0.717) is 0 Å². The lowest BCUT2D eigenvalue weighted by molar-refractivity contribution is -0.132. The van der Waals surface area contributed by atoms with Crippen molar-refractivity contribution in [2.45, 2.75) is 26.4 Å². The zero-order valence-electron chi connectivity index (χ0n) is 13.8. The minimum atomic E-state index is 0.152. The SMILES string of the molecule is CC(=O)N1CCN(Cc2cccc(C)n2)[C@H](c2ccccc2)C1. The Hall–Kier alpha value is -2.20. The van der Waals surface area contributed by atoms with Gasteiger partial charge < -0.3 is 4.90 Å². The number of hydrogen-bond acceptors (Lipinski definition) is 3. The van der Waals surface area contributed by atoms with Crippen molar-refractivity contribution < 1.29 is 4.79 Å². The third-order valence-corrected chi connectivity index (χ3v) is 4.43. The van der Waals surface area contributed by atoms with Crippen molar-refractivity contribution in [2.24, 2.45) is 0 Å². The van der Waals surface area contributed by atoms with E-state index in [9.17, 15) is 4.79 Å². The van der Waals surface area contributed by atoms with Gasteiger partial charge in [-0.25, -0.2) is 0 Å². The van der Waals surface area contributed by atoms with E-state index in [1.165, 1.54) is 5.56 Å². The molecule has 0 saturated carbocycles. The van der Waals surface area contributed by atoms with Gasteiger partial charge in [-0.05, 0) is 24.6 Å². The third-order valence-electron chi connectivity index (χ3n) is 4.43. The van der Waals surface area contributed by atoms with Gasteiger partial charge in [-0.2, -0.15) is 0 Å². The highest BCUT2D eigenvalue weighted by atomic mass is 16.2. The van der Waals surface area contributed by atoms with E-state index >= 15 is 0 Å². The molecule has 0 radical (unpaired) electrons. The Morgan fingerprint density at radius 3 is 2.61 bits per heavy atom. The molecule has 1 aliphatic heterocycles. The second kappa shape index (κ2) is 6.92. The third kappa shape index (κ3) is 3.77. The molecule has 1 fully saturated rings. The van der Waals surface area contributed by atoms with Gasteiger partial charge in [0.15, 0.2) is 0 Å². The lowest BCUT2D eigenvalue weighted by atomic mass is 10.0. The fourth-order valence-electron chi connectivity index (χ4n) is 3.18. The van der Waals surface area contributed by atoms with Gasteiger partial charge in [0.2, 0.25) is 5.91 Å². The molecule has 4 heteroatoms. The van der Waals surface area contributed by atoms with E-state index in [1.807, 2.05) is 24.0 Å². The number of carbonyl (C=O) groups excluding carboxylic acids is 1. The average molecular weight is 309 g/mol. The first kappa shape index (κ1) is 15.7. The van der Waals surface area contributed by atoms with Crippen molar-refractivity contribution in [2.75, 3.05) is 19.6 Å². The van der Waals surface area contributed by atoms with Gasteiger partial charge in [-0.1, -0.05) is 36.4 Å². The van der Waals surface area contributed by atoms with Crippen molar-refractivity contribution >= 4 is 5.91 Å². The molecule has 0 unspecified atom stereocenters. The first-order valence-corrected chi connectivity index (χ1v) is 8.10. The molecule has 1 aliphatic rings. The Balaban J connectivity index is 1.83. The summed E-state index contributed by atoms with van der Waals surface area (Å²) < 4.78 is 0. The monoisotopic (exact) mass is 309 g/mol. The summed E-state index contributed by atoms with van der Waals surface area (Å²) in [5.74, 6) is 0.152. The Labute approximate surface area is 137 Å². The molecule has 2 aromatic rings. The summed E-state index contributed by atoms with van der Waals surface area (Å²) in [6.07, 6.45) is 0. The number of aromatic nitrogens is 1. The molecule has 0 N–H and O–H groups in total. The second-order valence-corrected chi connectivity index (χ2v) is 6.13. The number of rotatable bonds is 3. The Morgan fingerprint density at radius 2 is 1.91 bits per heavy atom. The number of piperazine rings is 1. The summed E-state index contributed by atoms with van der Waals surface area (Å²) in [6.45, 7) is 6.88. The zero-order chi connectivity index (χ0) is 16.2. The van der Waals surface area contributed by atoms with Gasteiger partial charge in [-0.3, -0.25) is 14.7 Å². The van der Waals surface area contributed by atoms with E-state index in [1.54, 1.807) is 6.92 Å². The predicted octanol–water partition coefficient (Wildman–Crippen LogP) is 2.80. The van der Waals surface area contributed by atoms with Crippen molar-refractivity contribution in [1.82, 2.24) is 14.8 Å². The molecule has 0 bridgehead atoms. The lowest BCUT2D eigenvalue weighted by Crippen LogP contribution is -2.49. The lowest BCUT2D eigenvalue weighted by Gasteiger charge is -2.41. The topological polar surface area (TPSA) is 36.4 Å². The van der Waals surface area contributed by atoms with Crippen LogP contribution in [0.5, 0.6) is 0 Å². The quantitative estimate of drug-likeness (QED) is 0.875. The molecule has 1 saturated heterocycles. The van der Waals surface area contributed by atoms with Crippen LogP contribution >= 0.6 is 0 Å². The summed E-state index contributed by atoms with van der Waals surface area (Å²) >= 11 is 0. The normalized spacial score (nSPS) is 18.9. The van der Waals surface area contributed by atoms with Crippen LogP contribution in [0.2, 0.25) is 0 Å². The van der Waals surface area contributed by atoms with Crippen LogP contribution in [0.4, 0.5) is 0 Å². The molecule has 2 heterocycles. The molecule has 4 nitrogen and oxygen atoms in total. The predicted molar refractivity (Wildman–Crippen MR) is 90.8 cm³/mol. The van der Waals surface area contributed by atoms with Crippen molar-refractivity contribution in [3.8, 4) is 0 Å². The van der Waals surface area contributed by atoms with Crippen LogP contribution in [0.25, 0.3) is 0 Å².